The van der Waals surface area contributed by atoms with E-state index in [4.69, 9.17) is 4.74 Å². The van der Waals surface area contributed by atoms with Gasteiger partial charge < -0.3 is 17.9 Å². The Hall–Kier alpha value is 1.48. The molecule has 6 fully saturated rings. The van der Waals surface area contributed by atoms with Gasteiger partial charge in [0.1, 0.15) is 0 Å². The maximum absolute atomic E-state index is 4.94. The van der Waals surface area contributed by atoms with Crippen LogP contribution in [0.5, 0.6) is 0 Å². The van der Waals surface area contributed by atoms with E-state index >= 15 is 0 Å². The molecule has 2 saturated heterocycles. The zero-order valence-electron chi connectivity index (χ0n) is 32.0. The number of hydrogen-bond acceptors (Lipinski definition) is 2. The number of hydrogen-bond donors (Lipinski definition) is 0. The van der Waals surface area contributed by atoms with Gasteiger partial charge in [-0.2, -0.15) is 0 Å². The Balaban J connectivity index is 0.000000700. The monoisotopic (exact) mass is 705 g/mol. The first kappa shape index (κ1) is 39.3. The Labute approximate surface area is 327 Å². The fraction of sp³-hybridized carbons (Fsp3) is 0.842. The van der Waals surface area contributed by atoms with Crippen LogP contribution in [0.3, 0.4) is 0 Å². The molecule has 2 nitrogen and oxygen atoms in total. The van der Waals surface area contributed by atoms with Crippen LogP contribution < -0.4 is 56.6 Å². The van der Waals surface area contributed by atoms with Gasteiger partial charge >= 0.3 is 51.4 Å². The summed E-state index contributed by atoms with van der Waals surface area (Å²) in [7, 11) is -2.55. The van der Waals surface area contributed by atoms with Gasteiger partial charge in [0.2, 0.25) is 0 Å². The molecule has 0 aromatic heterocycles. The minimum Gasteiger partial charge on any atom is -0.436 e. The van der Waals surface area contributed by atoms with E-state index in [1.807, 2.05) is 5.19 Å². The van der Waals surface area contributed by atoms with Crippen molar-refractivity contribution in [1.29, 1.82) is 0 Å². The van der Waals surface area contributed by atoms with Crippen molar-refractivity contribution in [3.8, 4) is 0 Å². The van der Waals surface area contributed by atoms with E-state index in [-0.39, 0.29) is 51.4 Å². The van der Waals surface area contributed by atoms with Gasteiger partial charge in [-0.3, -0.25) is 0 Å². The van der Waals surface area contributed by atoms with Gasteiger partial charge in [0.25, 0.3) is 0 Å². The molecule has 0 atom stereocenters. The van der Waals surface area contributed by atoms with Gasteiger partial charge in [-0.25, -0.2) is 5.19 Å². The van der Waals surface area contributed by atoms with E-state index in [1.54, 1.807) is 55.2 Å². The smallest absolute Gasteiger partial charge is 0.436 e. The average Bonchev–Trinajstić information content (AvgIpc) is 3.60. The third kappa shape index (κ3) is 7.73. The van der Waals surface area contributed by atoms with Gasteiger partial charge in [-0.1, -0.05) is 104 Å². The van der Waals surface area contributed by atoms with Gasteiger partial charge in [-0.15, -0.1) is 8.05 Å². The maximum atomic E-state index is 4.94. The van der Waals surface area contributed by atoms with E-state index in [0.29, 0.717) is 27.6 Å². The zero-order valence-corrected chi connectivity index (χ0v) is 39.1. The van der Waals surface area contributed by atoms with E-state index in [9.17, 15) is 0 Å². The molecule has 4 saturated carbocycles. The molecule has 248 valence electrons. The molecule has 7 rings (SSSR count). The first-order valence-corrected chi connectivity index (χ1v) is 29.1. The van der Waals surface area contributed by atoms with Crippen LogP contribution in [-0.4, -0.2) is 62.7 Å². The number of ether oxygens (including phenoxy) is 1. The molecule has 0 amide bonds. The molecular weight excluding hydrogens is 638 g/mol. The molecule has 0 N–H and O–H groups in total. The molecule has 1 aromatic rings. The third-order valence-corrected chi connectivity index (χ3v) is 37.2. The van der Waals surface area contributed by atoms with Crippen molar-refractivity contribution in [3.05, 3.63) is 28.8 Å². The molecule has 1 aromatic carbocycles. The first-order valence-electron chi connectivity index (χ1n) is 18.7. The second-order valence-electron chi connectivity index (χ2n) is 18.8. The standard InChI is InChI=1S/C34H60NSi4.C4H8O.K/c1-23(2)29-18-30(24(3)4)32(31(19-29)25(5)6)36-37-34(38(7,8)9,39(10,11)12)13-14-35(37)33-20-26-15-27(21-33)17-28(16-26)22-33;1-2-4-5-3-1;/h18-19,23-28H,13-17,20-22H2,1-12H3;1-4H2;/q-1;;+1. The average molecular weight is 706 g/mol. The Morgan fingerprint density at radius 2 is 1.20 bits per heavy atom. The summed E-state index contributed by atoms with van der Waals surface area (Å²) in [6.07, 6.45) is 13.4. The quantitative estimate of drug-likeness (QED) is 0.288. The Kier molecular flexibility index (Phi) is 13.1. The summed E-state index contributed by atoms with van der Waals surface area (Å²) in [6, 6.07) is 5.31. The third-order valence-electron chi connectivity index (χ3n) is 12.7. The van der Waals surface area contributed by atoms with Gasteiger partial charge in [-0.05, 0) is 103 Å². The number of nitrogens with zero attached hydrogens (tertiary/aromatic N) is 1. The Bertz CT molecular complexity index is 1120. The van der Waals surface area contributed by atoms with Crippen molar-refractivity contribution in [3.63, 3.8) is 0 Å². The van der Waals surface area contributed by atoms with E-state index in [2.05, 4.69) is 97.5 Å². The minimum absolute atomic E-state index is 0. The zero-order chi connectivity index (χ0) is 32.2. The summed E-state index contributed by atoms with van der Waals surface area (Å²) in [5, 5.41) is 1.83. The van der Waals surface area contributed by atoms with Crippen LogP contribution in [0, 0.1) is 17.8 Å². The summed E-state index contributed by atoms with van der Waals surface area (Å²) in [5.74, 6) is 4.94. The summed E-state index contributed by atoms with van der Waals surface area (Å²) in [4.78, 5) is 0. The summed E-state index contributed by atoms with van der Waals surface area (Å²) in [5.41, 5.74) is 5.54. The van der Waals surface area contributed by atoms with Crippen LogP contribution in [0.2, 0.25) is 43.6 Å². The molecule has 7 heteroatoms. The van der Waals surface area contributed by atoms with Crippen LogP contribution in [-0.2, 0) is 4.74 Å². The van der Waals surface area contributed by atoms with Gasteiger partial charge in [0.15, 0.2) is 0 Å². The fourth-order valence-corrected chi connectivity index (χ4v) is 43.7. The fourth-order valence-electron chi connectivity index (χ4n) is 11.1. The van der Waals surface area contributed by atoms with Crippen molar-refractivity contribution in [2.45, 2.75) is 166 Å². The number of rotatable bonds is 7. The second kappa shape index (κ2) is 15.0. The topological polar surface area (TPSA) is 12.5 Å². The molecule has 45 heavy (non-hydrogen) atoms. The molecular formula is C38H68KNOSi4. The molecule has 6 aliphatic rings. The van der Waals surface area contributed by atoms with E-state index < -0.39 is 24.2 Å². The summed E-state index contributed by atoms with van der Waals surface area (Å²) in [6.45, 7) is 34.9. The van der Waals surface area contributed by atoms with Crippen LogP contribution in [0.4, 0.5) is 0 Å². The predicted octanol–water partition coefficient (Wildman–Crippen LogP) is 6.85. The molecule has 0 radical (unpaired) electrons. The SMILES string of the molecule is C1CCOC1.CC(C)c1cc(C(C)C)c([Si-]=[Si]2N(C34CC5CC(CC(C5)C3)C4)CCC2([Si](C)(C)C)[Si](C)(C)C)c(C(C)C)c1.[K+]. The Morgan fingerprint density at radius 3 is 1.53 bits per heavy atom. The van der Waals surface area contributed by atoms with Crippen molar-refractivity contribution in [2.24, 2.45) is 17.8 Å². The molecule has 4 bridgehead atoms. The normalized spacial score (nSPS) is 30.0. The Morgan fingerprint density at radius 1 is 0.756 bits per heavy atom. The summed E-state index contributed by atoms with van der Waals surface area (Å²) >= 11 is 0. The molecule has 4 aliphatic carbocycles. The van der Waals surface area contributed by atoms with E-state index in [0.717, 1.165) is 39.6 Å². The van der Waals surface area contributed by atoms with Crippen LogP contribution in [0.15, 0.2) is 12.1 Å². The first-order chi connectivity index (χ1) is 20.5. The van der Waals surface area contributed by atoms with Gasteiger partial charge in [0.05, 0.1) is 0 Å². The largest absolute Gasteiger partial charge is 1.00 e. The van der Waals surface area contributed by atoms with Crippen molar-refractivity contribution < 1.29 is 56.1 Å². The number of benzene rings is 1. The second-order valence-corrected chi connectivity index (χ2v) is 36.0. The molecule has 0 unspecified atom stereocenters. The minimum atomic E-state index is -1.43. The van der Waals surface area contributed by atoms with Crippen molar-refractivity contribution >= 4 is 38.0 Å². The molecule has 0 spiro atoms. The molecule has 2 aliphatic heterocycles. The van der Waals surface area contributed by atoms with E-state index in [1.165, 1.54) is 25.8 Å². The van der Waals surface area contributed by atoms with Crippen molar-refractivity contribution in [1.82, 2.24) is 4.57 Å². The van der Waals surface area contributed by atoms with Crippen LogP contribution >= 0.6 is 0 Å². The van der Waals surface area contributed by atoms with Gasteiger partial charge in [0, 0.05) is 41.4 Å². The summed E-state index contributed by atoms with van der Waals surface area (Å²) < 4.78 is 9.02. The predicted molar refractivity (Wildman–Crippen MR) is 202 cm³/mol. The maximum Gasteiger partial charge on any atom is 1.00 e. The van der Waals surface area contributed by atoms with Crippen LogP contribution in [0.1, 0.15) is 134 Å². The van der Waals surface area contributed by atoms with Crippen molar-refractivity contribution in [2.75, 3.05) is 19.8 Å². The van der Waals surface area contributed by atoms with Crippen LogP contribution in [0.25, 0.3) is 0 Å². The molecule has 2 heterocycles.